The molecule has 0 saturated carbocycles. The number of aliphatic hydroxyl groups excluding tert-OH is 1. The number of aliphatic imine (C=N–C) groups is 2. The van der Waals surface area contributed by atoms with Crippen LogP contribution in [0.15, 0.2) is 63.4 Å². The maximum absolute atomic E-state index is 12.1. The zero-order chi connectivity index (χ0) is 20.1. The van der Waals surface area contributed by atoms with E-state index < -0.39 is 0 Å². The average Bonchev–Trinajstić information content (AvgIpc) is 2.79. The van der Waals surface area contributed by atoms with Crippen LogP contribution in [0.25, 0.3) is 0 Å². The predicted molar refractivity (Wildman–Crippen MR) is 110 cm³/mol. The lowest BCUT2D eigenvalue weighted by Crippen LogP contribution is -2.28. The topological polar surface area (TPSA) is 126 Å². The number of carbonyl (C=O) groups is 1. The van der Waals surface area contributed by atoms with Crippen molar-refractivity contribution >= 4 is 18.0 Å². The lowest BCUT2D eigenvalue weighted by Gasteiger charge is -2.06. The fourth-order valence-corrected chi connectivity index (χ4v) is 2.19. The van der Waals surface area contributed by atoms with E-state index >= 15 is 0 Å². The fourth-order valence-electron chi connectivity index (χ4n) is 2.19. The van der Waals surface area contributed by atoms with Gasteiger partial charge in [0, 0.05) is 31.4 Å². The van der Waals surface area contributed by atoms with Crippen LogP contribution in [0.4, 0.5) is 0 Å². The van der Waals surface area contributed by atoms with Gasteiger partial charge in [-0.25, -0.2) is 4.99 Å². The molecular weight excluding hydrogens is 342 g/mol. The number of nitrogens with one attached hydrogen (secondary N) is 1. The van der Waals surface area contributed by atoms with Gasteiger partial charge in [-0.05, 0) is 25.0 Å². The van der Waals surface area contributed by atoms with Gasteiger partial charge in [-0.3, -0.25) is 9.79 Å². The fraction of sp³-hybridized carbons (Fsp3) is 0.350. The van der Waals surface area contributed by atoms with E-state index in [1.165, 1.54) is 0 Å². The highest BCUT2D eigenvalue weighted by Crippen LogP contribution is 2.13. The first-order valence-corrected chi connectivity index (χ1v) is 8.97. The molecular formula is C20H29N5O2. The van der Waals surface area contributed by atoms with Gasteiger partial charge >= 0.3 is 0 Å². The third kappa shape index (κ3) is 8.33. The first kappa shape index (κ1) is 22.1. The van der Waals surface area contributed by atoms with Gasteiger partial charge in [-0.1, -0.05) is 37.3 Å². The molecule has 1 aromatic rings. The van der Waals surface area contributed by atoms with Gasteiger partial charge < -0.3 is 21.9 Å². The normalized spacial score (nSPS) is 14.0. The Hall–Kier alpha value is -2.93. The van der Waals surface area contributed by atoms with Crippen LogP contribution in [0.3, 0.4) is 0 Å². The van der Waals surface area contributed by atoms with Crippen LogP contribution in [0, 0.1) is 0 Å². The van der Waals surface area contributed by atoms with Gasteiger partial charge in [0.2, 0.25) is 5.91 Å². The zero-order valence-corrected chi connectivity index (χ0v) is 16.0. The average molecular weight is 371 g/mol. The number of amides is 1. The van der Waals surface area contributed by atoms with Crippen molar-refractivity contribution in [2.24, 2.45) is 21.5 Å². The molecule has 7 nitrogen and oxygen atoms in total. The van der Waals surface area contributed by atoms with Crippen molar-refractivity contribution in [3.63, 3.8) is 0 Å². The Morgan fingerprint density at radius 2 is 1.96 bits per heavy atom. The highest BCUT2D eigenvalue weighted by atomic mass is 16.2. The van der Waals surface area contributed by atoms with Gasteiger partial charge in [0.05, 0.1) is 12.2 Å². The number of hydrogen-bond acceptors (Lipinski definition) is 6. The van der Waals surface area contributed by atoms with Crippen LogP contribution < -0.4 is 16.8 Å². The molecule has 1 heterocycles. The zero-order valence-electron chi connectivity index (χ0n) is 16.0. The molecule has 0 bridgehead atoms. The summed E-state index contributed by atoms with van der Waals surface area (Å²) in [4.78, 5) is 20.7. The molecule has 6 N–H and O–H groups in total. The molecule has 2 rings (SSSR count). The first-order valence-electron chi connectivity index (χ1n) is 8.97. The number of carbonyl (C=O) groups excluding carboxylic acids is 1. The van der Waals surface area contributed by atoms with E-state index in [1.54, 1.807) is 19.2 Å². The molecule has 0 atom stereocenters. The number of allylic oxidation sites excluding steroid dienone is 2. The molecule has 27 heavy (non-hydrogen) atoms. The van der Waals surface area contributed by atoms with Crippen LogP contribution in [-0.4, -0.2) is 36.2 Å². The third-order valence-electron chi connectivity index (χ3n) is 3.42. The van der Waals surface area contributed by atoms with Crippen molar-refractivity contribution in [1.29, 1.82) is 0 Å². The molecule has 0 unspecified atom stereocenters. The van der Waals surface area contributed by atoms with E-state index in [4.69, 9.17) is 16.6 Å². The van der Waals surface area contributed by atoms with E-state index in [1.807, 2.05) is 37.3 Å². The van der Waals surface area contributed by atoms with Crippen LogP contribution in [-0.2, 0) is 11.3 Å². The van der Waals surface area contributed by atoms with Crippen LogP contribution >= 0.6 is 0 Å². The molecule has 1 aliphatic rings. The number of aliphatic hydroxyl groups is 1. The summed E-state index contributed by atoms with van der Waals surface area (Å²) >= 11 is 0. The molecule has 0 fully saturated rings. The van der Waals surface area contributed by atoms with Crippen LogP contribution in [0.1, 0.15) is 32.3 Å². The monoisotopic (exact) mass is 371 g/mol. The van der Waals surface area contributed by atoms with Crippen LogP contribution in [0.2, 0.25) is 0 Å². The number of nitrogens with zero attached hydrogens (tertiary/aromatic N) is 2. The summed E-state index contributed by atoms with van der Waals surface area (Å²) < 4.78 is 0. The van der Waals surface area contributed by atoms with Crippen molar-refractivity contribution in [3.8, 4) is 0 Å². The Morgan fingerprint density at radius 1 is 1.30 bits per heavy atom. The minimum absolute atomic E-state index is 0.166. The van der Waals surface area contributed by atoms with E-state index in [9.17, 15) is 4.79 Å². The maximum Gasteiger partial charge on any atom is 0.247 e. The van der Waals surface area contributed by atoms with Gasteiger partial charge in [0.25, 0.3) is 0 Å². The second-order valence-electron chi connectivity index (χ2n) is 5.82. The second kappa shape index (κ2) is 12.4. The smallest absolute Gasteiger partial charge is 0.247 e. The summed E-state index contributed by atoms with van der Waals surface area (Å²) in [6, 6.07) is 9.88. The van der Waals surface area contributed by atoms with Gasteiger partial charge in [-0.15, -0.1) is 0 Å². The number of benzene rings is 1. The van der Waals surface area contributed by atoms with Gasteiger partial charge in [0.15, 0.2) is 0 Å². The Labute approximate surface area is 160 Å². The minimum Gasteiger partial charge on any atom is -0.397 e. The van der Waals surface area contributed by atoms with Crippen LogP contribution in [0.5, 0.6) is 0 Å². The predicted octanol–water partition coefficient (Wildman–Crippen LogP) is 1.64. The van der Waals surface area contributed by atoms with E-state index in [-0.39, 0.29) is 18.9 Å². The summed E-state index contributed by atoms with van der Waals surface area (Å²) in [5, 5.41) is 10.4. The van der Waals surface area contributed by atoms with E-state index in [2.05, 4.69) is 15.3 Å². The third-order valence-corrected chi connectivity index (χ3v) is 3.42. The summed E-state index contributed by atoms with van der Waals surface area (Å²) in [5.41, 5.74) is 14.4. The standard InChI is InChI=1S/C18H23N5O.C2H6O/c1-2-8-22-18(24)14-9-15(19)16(23-17(20)10-14)12-21-11-13-6-4-3-5-7-13;1-2-3/h3-7,9,12H,2,8,10-11,19H2,1H3,(H2,20,23)(H,22,24);3H,2H2,1H3. The van der Waals surface area contributed by atoms with E-state index in [0.29, 0.717) is 35.9 Å². The van der Waals surface area contributed by atoms with Crippen molar-refractivity contribution in [1.82, 2.24) is 5.32 Å². The second-order valence-corrected chi connectivity index (χ2v) is 5.82. The Balaban J connectivity index is 0.00000114. The molecule has 7 heteroatoms. The minimum atomic E-state index is -0.166. The van der Waals surface area contributed by atoms with Gasteiger partial charge in [-0.2, -0.15) is 0 Å². The summed E-state index contributed by atoms with van der Waals surface area (Å²) in [6.07, 6.45) is 4.36. The molecule has 0 aliphatic carbocycles. The Kier molecular flexibility index (Phi) is 10.2. The maximum atomic E-state index is 12.1. The largest absolute Gasteiger partial charge is 0.397 e. The van der Waals surface area contributed by atoms with Crippen molar-refractivity contribution < 1.29 is 9.90 Å². The summed E-state index contributed by atoms with van der Waals surface area (Å²) in [7, 11) is 0. The Bertz CT molecular complexity index is 721. The van der Waals surface area contributed by atoms with Gasteiger partial charge in [0.1, 0.15) is 11.5 Å². The highest BCUT2D eigenvalue weighted by Gasteiger charge is 2.15. The number of nitrogens with two attached hydrogens (primary N) is 2. The number of amidine groups is 1. The van der Waals surface area contributed by atoms with E-state index in [0.717, 1.165) is 12.0 Å². The van der Waals surface area contributed by atoms with Crippen molar-refractivity contribution in [2.75, 3.05) is 13.2 Å². The Morgan fingerprint density at radius 3 is 2.59 bits per heavy atom. The molecule has 146 valence electrons. The molecule has 1 aromatic carbocycles. The van der Waals surface area contributed by atoms with Crippen molar-refractivity contribution in [2.45, 2.75) is 33.2 Å². The lowest BCUT2D eigenvalue weighted by molar-refractivity contribution is -0.117. The summed E-state index contributed by atoms with van der Waals surface area (Å²) in [6.45, 7) is 5.07. The molecule has 1 amide bonds. The van der Waals surface area contributed by atoms with Crippen molar-refractivity contribution in [3.05, 3.63) is 58.9 Å². The number of rotatable bonds is 6. The number of hydrogen-bond donors (Lipinski definition) is 4. The highest BCUT2D eigenvalue weighted by molar-refractivity contribution is 6.02. The molecule has 0 saturated heterocycles. The molecule has 1 aliphatic heterocycles. The molecule has 0 radical (unpaired) electrons. The quantitative estimate of drug-likeness (QED) is 0.567. The SMILES string of the molecule is CCCNC(=O)C1=CC(N)=C(C=NCc2ccccc2)N=C(N)C1.CCO. The lowest BCUT2D eigenvalue weighted by atomic mass is 10.1. The molecule has 0 aromatic heterocycles. The molecule has 0 spiro atoms. The first-order chi connectivity index (χ1) is 13.0. The summed E-state index contributed by atoms with van der Waals surface area (Å²) in [5.74, 6) is 0.176.